The lowest BCUT2D eigenvalue weighted by Gasteiger charge is -2.54. The second kappa shape index (κ2) is 22.8. The molecule has 6 unspecified atom stereocenters. The molecule has 0 N–H and O–H groups in total. The molecule has 0 amide bonds. The average molecular weight is 934 g/mol. The first-order valence-corrected chi connectivity index (χ1v) is 33.2. The van der Waals surface area contributed by atoms with Crippen LogP contribution in [0, 0.1) is 76.4 Å². The van der Waals surface area contributed by atoms with Crippen LogP contribution in [-0.4, -0.2) is 46.1 Å². The van der Waals surface area contributed by atoms with E-state index in [-0.39, 0.29) is 0 Å². The van der Waals surface area contributed by atoms with Crippen LogP contribution in [-0.2, 0) is 0 Å². The van der Waals surface area contributed by atoms with Gasteiger partial charge >= 0.3 is 0 Å². The Bertz CT molecular complexity index is 1310. The van der Waals surface area contributed by atoms with Gasteiger partial charge in [-0.15, -0.1) is 0 Å². The van der Waals surface area contributed by atoms with E-state index in [1.807, 2.05) is 0 Å². The number of rotatable bonds is 10. The molecular formula is C66H112N2. The summed E-state index contributed by atoms with van der Waals surface area (Å²) >= 11 is 0. The summed E-state index contributed by atoms with van der Waals surface area (Å²) in [5, 5.41) is 0. The third kappa shape index (κ3) is 10.3. The minimum absolute atomic E-state index is 0.691. The molecular weight excluding hydrogens is 821 g/mol. The van der Waals surface area contributed by atoms with E-state index < -0.39 is 0 Å². The first-order valence-electron chi connectivity index (χ1n) is 33.2. The van der Waals surface area contributed by atoms with Crippen molar-refractivity contribution < 1.29 is 0 Å². The fourth-order valence-electron chi connectivity index (χ4n) is 23.2. The molecule has 0 aliphatic heterocycles. The zero-order valence-corrected chi connectivity index (χ0v) is 45.0. The highest BCUT2D eigenvalue weighted by Crippen LogP contribution is 2.69. The third-order valence-electron chi connectivity index (χ3n) is 26.3. The molecule has 68 heavy (non-hydrogen) atoms. The van der Waals surface area contributed by atoms with Gasteiger partial charge in [-0.2, -0.15) is 0 Å². The third-order valence-corrected chi connectivity index (χ3v) is 26.3. The number of hydrogen-bond acceptors (Lipinski definition) is 2. The summed E-state index contributed by atoms with van der Waals surface area (Å²) < 4.78 is 0. The lowest BCUT2D eigenvalue weighted by atomic mass is 9.57. The van der Waals surface area contributed by atoms with Crippen molar-refractivity contribution in [2.24, 2.45) is 76.4 Å². The number of fused-ring (bicyclic) bond motifs is 5. The van der Waals surface area contributed by atoms with Crippen LogP contribution in [0.4, 0.5) is 0 Å². The van der Waals surface area contributed by atoms with E-state index in [0.717, 1.165) is 107 Å². The van der Waals surface area contributed by atoms with E-state index >= 15 is 0 Å². The molecule has 0 aromatic heterocycles. The van der Waals surface area contributed by atoms with Gasteiger partial charge in [-0.3, -0.25) is 9.80 Å². The highest BCUT2D eigenvalue weighted by Gasteiger charge is 2.63. The van der Waals surface area contributed by atoms with Crippen molar-refractivity contribution in [2.75, 3.05) is 0 Å². The zero-order valence-electron chi connectivity index (χ0n) is 45.0. The van der Waals surface area contributed by atoms with Crippen molar-refractivity contribution in [3.8, 4) is 0 Å². The Balaban J connectivity index is 0.773. The largest absolute Gasteiger partial charge is 0.294 e. The SMILES string of the molecule is C1CCC(C2CCC(N(C3CCC(C4CCCCC4)CC3)C3CCC4C5CCC(N(C6CCC(C7CCCCC7)CC6)C6CCC(C7CCCCC7)CC6)CC5C5(CCCCC5)C4C3)CC2)CC1. The molecule has 0 saturated heterocycles. The van der Waals surface area contributed by atoms with E-state index in [0.29, 0.717) is 5.41 Å². The Labute approximate surface area is 422 Å². The second-order valence-electron chi connectivity index (χ2n) is 29.0. The average Bonchev–Trinajstić information content (AvgIpc) is 3.67. The molecule has 0 bridgehead atoms. The molecule has 0 radical (unpaired) electrons. The molecule has 12 fully saturated rings. The lowest BCUT2D eigenvalue weighted by Crippen LogP contribution is -2.55. The lowest BCUT2D eigenvalue weighted by molar-refractivity contribution is -0.0467. The molecule has 6 atom stereocenters. The van der Waals surface area contributed by atoms with Crippen LogP contribution in [0.15, 0.2) is 0 Å². The zero-order chi connectivity index (χ0) is 45.3. The maximum absolute atomic E-state index is 3.47. The Morgan fingerprint density at radius 1 is 0.206 bits per heavy atom. The molecule has 0 heterocycles. The summed E-state index contributed by atoms with van der Waals surface area (Å²) in [5.74, 6) is 12.9. The fraction of sp³-hybridized carbons (Fsp3) is 1.00. The van der Waals surface area contributed by atoms with E-state index in [1.54, 1.807) is 225 Å². The second-order valence-corrected chi connectivity index (χ2v) is 29.0. The highest BCUT2D eigenvalue weighted by molar-refractivity contribution is 5.13. The van der Waals surface area contributed by atoms with Gasteiger partial charge < -0.3 is 0 Å². The van der Waals surface area contributed by atoms with Gasteiger partial charge in [-0.1, -0.05) is 148 Å². The molecule has 0 aromatic carbocycles. The smallest absolute Gasteiger partial charge is 0.0104 e. The van der Waals surface area contributed by atoms with Crippen molar-refractivity contribution in [1.82, 2.24) is 9.80 Å². The maximum atomic E-state index is 3.47. The molecule has 2 nitrogen and oxygen atoms in total. The molecule has 1 spiro atoms. The molecule has 12 aliphatic rings. The first-order chi connectivity index (χ1) is 33.7. The van der Waals surface area contributed by atoms with Gasteiger partial charge in [0.15, 0.2) is 0 Å². The summed E-state index contributed by atoms with van der Waals surface area (Å²) in [7, 11) is 0. The van der Waals surface area contributed by atoms with Gasteiger partial charge in [-0.05, 0) is 231 Å². The normalized spacial score (nSPS) is 44.2. The maximum Gasteiger partial charge on any atom is 0.0104 e. The minimum atomic E-state index is 0.691. The molecule has 386 valence electrons. The Morgan fingerprint density at radius 2 is 0.441 bits per heavy atom. The molecule has 12 rings (SSSR count). The predicted molar refractivity (Wildman–Crippen MR) is 288 cm³/mol. The van der Waals surface area contributed by atoms with Crippen LogP contribution in [0.25, 0.3) is 0 Å². The van der Waals surface area contributed by atoms with Crippen LogP contribution in [0.3, 0.4) is 0 Å². The van der Waals surface area contributed by atoms with Crippen molar-refractivity contribution in [3.63, 3.8) is 0 Å². The van der Waals surface area contributed by atoms with Gasteiger partial charge in [0, 0.05) is 36.3 Å². The van der Waals surface area contributed by atoms with Gasteiger partial charge in [0.1, 0.15) is 0 Å². The Morgan fingerprint density at radius 3 is 0.721 bits per heavy atom. The molecule has 0 aromatic rings. The van der Waals surface area contributed by atoms with Crippen molar-refractivity contribution in [2.45, 2.75) is 338 Å². The van der Waals surface area contributed by atoms with Crippen LogP contribution >= 0.6 is 0 Å². The fourth-order valence-corrected chi connectivity index (χ4v) is 23.2. The van der Waals surface area contributed by atoms with Crippen molar-refractivity contribution in [1.29, 1.82) is 0 Å². The quantitative estimate of drug-likeness (QED) is 0.215. The van der Waals surface area contributed by atoms with Crippen LogP contribution in [0.2, 0.25) is 0 Å². The predicted octanol–water partition coefficient (Wildman–Crippen LogP) is 18.7. The minimum Gasteiger partial charge on any atom is -0.294 e. The topological polar surface area (TPSA) is 6.48 Å². The summed E-state index contributed by atoms with van der Waals surface area (Å²) in [6, 6.07) is 5.48. The van der Waals surface area contributed by atoms with Crippen molar-refractivity contribution in [3.05, 3.63) is 0 Å². The monoisotopic (exact) mass is 933 g/mol. The molecule has 12 aliphatic carbocycles. The Hall–Kier alpha value is -0.0800. The van der Waals surface area contributed by atoms with Gasteiger partial charge in [0.25, 0.3) is 0 Å². The van der Waals surface area contributed by atoms with Crippen LogP contribution in [0.1, 0.15) is 302 Å². The van der Waals surface area contributed by atoms with Crippen molar-refractivity contribution >= 4 is 0 Å². The van der Waals surface area contributed by atoms with Gasteiger partial charge in [-0.25, -0.2) is 0 Å². The standard InChI is InChI=1S/C66H112N2/c1-6-16-48(17-7-1)52-24-32-56(33-25-52)67(57-34-26-53(27-35-57)49-18-8-2-9-19-49)60-40-42-62-63-43-41-61(47-65(63)66(64(62)46-60)44-14-5-15-45-66)68(58-36-28-54(29-37-58)50-20-10-3-11-21-50)59-38-30-55(31-39-59)51-22-12-4-13-23-51/h48-65H,1-47H2. The summed E-state index contributed by atoms with van der Waals surface area (Å²) in [5.41, 5.74) is 0.691. The summed E-state index contributed by atoms with van der Waals surface area (Å²) in [6.07, 6.45) is 73.8. The molecule has 12 saturated carbocycles. The van der Waals surface area contributed by atoms with E-state index in [9.17, 15) is 0 Å². The summed E-state index contributed by atoms with van der Waals surface area (Å²) in [6.45, 7) is 0. The van der Waals surface area contributed by atoms with E-state index in [4.69, 9.17) is 0 Å². The number of nitrogens with zero attached hydrogens (tertiary/aromatic N) is 2. The Kier molecular flexibility index (Phi) is 16.4. The van der Waals surface area contributed by atoms with E-state index in [2.05, 4.69) is 9.80 Å². The highest BCUT2D eigenvalue weighted by atomic mass is 15.2. The van der Waals surface area contributed by atoms with Crippen LogP contribution in [0.5, 0.6) is 0 Å². The van der Waals surface area contributed by atoms with Gasteiger partial charge in [0.05, 0.1) is 0 Å². The van der Waals surface area contributed by atoms with E-state index in [1.165, 1.54) is 77.0 Å². The van der Waals surface area contributed by atoms with Gasteiger partial charge in [0.2, 0.25) is 0 Å². The summed E-state index contributed by atoms with van der Waals surface area (Å²) in [4.78, 5) is 6.95. The number of hydrogen-bond donors (Lipinski definition) is 0. The molecule has 2 heteroatoms. The first kappa shape index (κ1) is 48.8. The van der Waals surface area contributed by atoms with Crippen LogP contribution < -0.4 is 0 Å².